The molecule has 3 aromatic rings. The summed E-state index contributed by atoms with van der Waals surface area (Å²) >= 11 is 5.24. The first kappa shape index (κ1) is 18.3. The highest BCUT2D eigenvalue weighted by Gasteiger charge is 2.22. The van der Waals surface area contributed by atoms with Crippen LogP contribution in [0.15, 0.2) is 51.2 Å². The Bertz CT molecular complexity index is 1020. The van der Waals surface area contributed by atoms with Crippen LogP contribution in [0, 0.1) is 0 Å². The largest absolute Gasteiger partial charge is 0.339 e. The monoisotopic (exact) mass is 446 g/mol. The number of benzene rings is 1. The lowest BCUT2D eigenvalue weighted by atomic mass is 10.2. The molecule has 1 fully saturated rings. The lowest BCUT2D eigenvalue weighted by molar-refractivity contribution is -0.133. The van der Waals surface area contributed by atoms with Crippen molar-refractivity contribution in [1.29, 1.82) is 0 Å². The molecule has 0 bridgehead atoms. The van der Waals surface area contributed by atoms with Crippen molar-refractivity contribution in [3.8, 4) is 0 Å². The first-order valence-corrected chi connectivity index (χ1v) is 10.4. The topological polar surface area (TPSA) is 58.4 Å². The standard InChI is InChI=1S/C19H19BrN4O2S/c20-17-6-5-14(27-17)12-22-7-9-23(10-8-22)19(26)13-24-16-4-2-1-3-15(16)21-11-18(24)25/h1-6,11H,7-10,12-13H2. The maximum atomic E-state index is 12.8. The van der Waals surface area contributed by atoms with Crippen LogP contribution < -0.4 is 5.56 Å². The Kier molecular flexibility index (Phi) is 5.38. The molecule has 1 saturated heterocycles. The average molecular weight is 447 g/mol. The summed E-state index contributed by atoms with van der Waals surface area (Å²) in [5, 5.41) is 0. The van der Waals surface area contributed by atoms with Crippen LogP contribution in [0.4, 0.5) is 0 Å². The number of piperazine rings is 1. The Hall–Kier alpha value is -2.03. The number of fused-ring (bicyclic) bond motifs is 1. The molecule has 2 aromatic heterocycles. The Morgan fingerprint density at radius 2 is 1.89 bits per heavy atom. The van der Waals surface area contributed by atoms with E-state index in [1.54, 1.807) is 11.3 Å². The van der Waals surface area contributed by atoms with Crippen molar-refractivity contribution in [2.24, 2.45) is 0 Å². The van der Waals surface area contributed by atoms with Crippen molar-refractivity contribution in [2.45, 2.75) is 13.1 Å². The minimum absolute atomic E-state index is 0.0213. The number of aromatic nitrogens is 2. The van der Waals surface area contributed by atoms with Gasteiger partial charge in [-0.25, -0.2) is 4.98 Å². The molecule has 1 aromatic carbocycles. The SMILES string of the molecule is O=C(Cn1c(=O)cnc2ccccc21)N1CCN(Cc2ccc(Br)s2)CC1. The van der Waals surface area contributed by atoms with Crippen LogP contribution in [0.3, 0.4) is 0 Å². The number of hydrogen-bond acceptors (Lipinski definition) is 5. The van der Waals surface area contributed by atoms with E-state index in [9.17, 15) is 9.59 Å². The van der Waals surface area contributed by atoms with Gasteiger partial charge < -0.3 is 4.90 Å². The van der Waals surface area contributed by atoms with Gasteiger partial charge in [-0.2, -0.15) is 0 Å². The molecule has 1 aliphatic rings. The zero-order valence-corrected chi connectivity index (χ0v) is 17.1. The summed E-state index contributed by atoms with van der Waals surface area (Å²) in [6, 6.07) is 11.6. The number of carbonyl (C=O) groups is 1. The van der Waals surface area contributed by atoms with Gasteiger partial charge in [0, 0.05) is 37.6 Å². The third-order valence-corrected chi connectivity index (χ3v) is 6.39. The van der Waals surface area contributed by atoms with Gasteiger partial charge in [0.15, 0.2) is 0 Å². The van der Waals surface area contributed by atoms with Crippen molar-refractivity contribution in [3.05, 3.63) is 61.6 Å². The fourth-order valence-corrected chi connectivity index (χ4v) is 4.85. The summed E-state index contributed by atoms with van der Waals surface area (Å²) in [5.74, 6) is -0.0213. The number of nitrogens with zero attached hydrogens (tertiary/aromatic N) is 4. The number of carbonyl (C=O) groups excluding carboxylic acids is 1. The second-order valence-electron chi connectivity index (χ2n) is 6.53. The van der Waals surface area contributed by atoms with E-state index >= 15 is 0 Å². The molecule has 0 aliphatic carbocycles. The van der Waals surface area contributed by atoms with Gasteiger partial charge in [0.05, 0.1) is 21.0 Å². The Labute approximate surface area is 169 Å². The average Bonchev–Trinajstić information content (AvgIpc) is 3.09. The zero-order valence-electron chi connectivity index (χ0n) is 14.7. The van der Waals surface area contributed by atoms with Crippen molar-refractivity contribution >= 4 is 44.2 Å². The van der Waals surface area contributed by atoms with Crippen LogP contribution in [0.25, 0.3) is 11.0 Å². The quantitative estimate of drug-likeness (QED) is 0.617. The van der Waals surface area contributed by atoms with Gasteiger partial charge in [-0.1, -0.05) is 12.1 Å². The number of thiophene rings is 1. The summed E-state index contributed by atoms with van der Waals surface area (Å²) < 4.78 is 2.65. The van der Waals surface area contributed by atoms with Crippen LogP contribution in [-0.4, -0.2) is 51.4 Å². The van der Waals surface area contributed by atoms with Crippen LogP contribution in [0.2, 0.25) is 0 Å². The second kappa shape index (κ2) is 7.92. The van der Waals surface area contributed by atoms with E-state index in [2.05, 4.69) is 37.9 Å². The van der Waals surface area contributed by atoms with Crippen molar-refractivity contribution < 1.29 is 4.79 Å². The van der Waals surface area contributed by atoms with Gasteiger partial charge in [0.2, 0.25) is 5.91 Å². The zero-order chi connectivity index (χ0) is 18.8. The highest BCUT2D eigenvalue weighted by atomic mass is 79.9. The maximum Gasteiger partial charge on any atom is 0.269 e. The molecule has 1 amide bonds. The van der Waals surface area contributed by atoms with Gasteiger partial charge in [0.1, 0.15) is 6.54 Å². The summed E-state index contributed by atoms with van der Waals surface area (Å²) in [4.78, 5) is 34.7. The second-order valence-corrected chi connectivity index (χ2v) is 9.08. The Balaban J connectivity index is 1.40. The number of rotatable bonds is 4. The molecule has 27 heavy (non-hydrogen) atoms. The molecule has 1 aliphatic heterocycles. The van der Waals surface area contributed by atoms with Gasteiger partial charge in [-0.3, -0.25) is 19.1 Å². The normalized spacial score (nSPS) is 15.4. The lowest BCUT2D eigenvalue weighted by Gasteiger charge is -2.34. The van der Waals surface area contributed by atoms with Gasteiger partial charge in [-0.05, 0) is 40.2 Å². The van der Waals surface area contributed by atoms with Crippen molar-refractivity contribution in [2.75, 3.05) is 26.2 Å². The van der Waals surface area contributed by atoms with E-state index in [0.29, 0.717) is 18.6 Å². The van der Waals surface area contributed by atoms with Crippen LogP contribution >= 0.6 is 27.3 Å². The Morgan fingerprint density at radius 1 is 1.11 bits per heavy atom. The molecule has 8 heteroatoms. The fourth-order valence-electron chi connectivity index (χ4n) is 3.33. The van der Waals surface area contributed by atoms with Gasteiger partial charge in [0.25, 0.3) is 5.56 Å². The smallest absolute Gasteiger partial charge is 0.269 e. The van der Waals surface area contributed by atoms with E-state index in [1.807, 2.05) is 29.2 Å². The van der Waals surface area contributed by atoms with Crippen LogP contribution in [-0.2, 0) is 17.9 Å². The van der Waals surface area contributed by atoms with E-state index in [1.165, 1.54) is 15.6 Å². The van der Waals surface area contributed by atoms with Crippen LogP contribution in [0.1, 0.15) is 4.88 Å². The number of halogens is 1. The van der Waals surface area contributed by atoms with E-state index in [4.69, 9.17) is 0 Å². The highest BCUT2D eigenvalue weighted by molar-refractivity contribution is 9.11. The van der Waals surface area contributed by atoms with E-state index in [0.717, 1.165) is 28.9 Å². The lowest BCUT2D eigenvalue weighted by Crippen LogP contribution is -2.49. The summed E-state index contributed by atoms with van der Waals surface area (Å²) in [6.07, 6.45) is 1.28. The number of hydrogen-bond donors (Lipinski definition) is 0. The molecule has 4 rings (SSSR count). The summed E-state index contributed by atoms with van der Waals surface area (Å²) in [5.41, 5.74) is 1.17. The molecule has 140 valence electrons. The molecule has 6 nitrogen and oxygen atoms in total. The fraction of sp³-hybridized carbons (Fsp3) is 0.316. The molecular formula is C19H19BrN4O2S. The number of para-hydroxylation sites is 2. The molecule has 3 heterocycles. The molecule has 0 saturated carbocycles. The highest BCUT2D eigenvalue weighted by Crippen LogP contribution is 2.23. The molecule has 0 radical (unpaired) electrons. The van der Waals surface area contributed by atoms with Gasteiger partial charge in [-0.15, -0.1) is 11.3 Å². The summed E-state index contributed by atoms with van der Waals surface area (Å²) in [7, 11) is 0. The van der Waals surface area contributed by atoms with Crippen molar-refractivity contribution in [3.63, 3.8) is 0 Å². The third kappa shape index (κ3) is 4.12. The molecular weight excluding hydrogens is 428 g/mol. The first-order chi connectivity index (χ1) is 13.1. The Morgan fingerprint density at radius 3 is 2.63 bits per heavy atom. The molecule has 0 unspecified atom stereocenters. The molecule has 0 atom stereocenters. The predicted octanol–water partition coefficient (Wildman–Crippen LogP) is 2.56. The maximum absolute atomic E-state index is 12.8. The molecule has 0 spiro atoms. The third-order valence-electron chi connectivity index (χ3n) is 4.78. The first-order valence-electron chi connectivity index (χ1n) is 8.79. The van der Waals surface area contributed by atoms with Gasteiger partial charge >= 0.3 is 0 Å². The number of amides is 1. The predicted molar refractivity (Wildman–Crippen MR) is 110 cm³/mol. The molecule has 0 N–H and O–H groups in total. The minimum Gasteiger partial charge on any atom is -0.339 e. The van der Waals surface area contributed by atoms with E-state index in [-0.39, 0.29) is 18.0 Å². The van der Waals surface area contributed by atoms with Crippen LogP contribution in [0.5, 0.6) is 0 Å². The van der Waals surface area contributed by atoms with E-state index < -0.39 is 0 Å². The summed E-state index contributed by atoms with van der Waals surface area (Å²) in [6.45, 7) is 4.01. The minimum atomic E-state index is -0.246. The van der Waals surface area contributed by atoms with Crippen molar-refractivity contribution in [1.82, 2.24) is 19.4 Å².